The molecule has 0 radical (unpaired) electrons. The van der Waals surface area contributed by atoms with E-state index in [-0.39, 0.29) is 28.6 Å². The standard InChI is InChI=1S/C27H24FN5O/c1-2-17-7-3-8-18-9-4-10-19(21(17)18)23-22(28)24-20(15-30-23)25(29)32-26(31-24)34-16-27-11-5-13-33(27)14-6-12-27/h1,3-4,7-10,15H,5-6,11-14,16H2,(H2,29,31,32). The highest BCUT2D eigenvalue weighted by Crippen LogP contribution is 2.39. The van der Waals surface area contributed by atoms with Gasteiger partial charge < -0.3 is 10.5 Å². The minimum atomic E-state index is -0.572. The predicted molar refractivity (Wildman–Crippen MR) is 131 cm³/mol. The van der Waals surface area contributed by atoms with E-state index in [1.54, 1.807) is 0 Å². The van der Waals surface area contributed by atoms with Gasteiger partial charge in [0.1, 0.15) is 23.6 Å². The maximum atomic E-state index is 15.9. The molecule has 2 N–H and O–H groups in total. The van der Waals surface area contributed by atoms with E-state index in [0.717, 1.165) is 36.7 Å². The number of terminal acetylenes is 1. The topological polar surface area (TPSA) is 77.2 Å². The van der Waals surface area contributed by atoms with Crippen LogP contribution in [0.4, 0.5) is 10.2 Å². The Kier molecular flexibility index (Phi) is 4.85. The zero-order chi connectivity index (χ0) is 23.3. The van der Waals surface area contributed by atoms with Crippen LogP contribution in [0.5, 0.6) is 6.01 Å². The van der Waals surface area contributed by atoms with Crippen molar-refractivity contribution >= 4 is 27.5 Å². The van der Waals surface area contributed by atoms with Crippen LogP contribution in [0, 0.1) is 18.2 Å². The van der Waals surface area contributed by atoms with Gasteiger partial charge in [-0.15, -0.1) is 6.42 Å². The summed E-state index contributed by atoms with van der Waals surface area (Å²) in [6, 6.07) is 11.4. The number of anilines is 1. The molecule has 6 nitrogen and oxygen atoms in total. The van der Waals surface area contributed by atoms with Gasteiger partial charge in [0.2, 0.25) is 0 Å². The van der Waals surface area contributed by atoms with Crippen LogP contribution in [0.3, 0.4) is 0 Å². The van der Waals surface area contributed by atoms with E-state index in [9.17, 15) is 0 Å². The lowest BCUT2D eigenvalue weighted by Crippen LogP contribution is -2.43. The first-order valence-corrected chi connectivity index (χ1v) is 11.6. The Balaban J connectivity index is 1.43. The summed E-state index contributed by atoms with van der Waals surface area (Å²) in [5, 5.41) is 2.04. The average Bonchev–Trinajstić information content (AvgIpc) is 3.43. The number of nitrogens with zero attached hydrogens (tertiary/aromatic N) is 4. The van der Waals surface area contributed by atoms with E-state index in [0.29, 0.717) is 23.1 Å². The van der Waals surface area contributed by atoms with Crippen LogP contribution in [0.1, 0.15) is 31.2 Å². The van der Waals surface area contributed by atoms with Gasteiger partial charge in [-0.25, -0.2) is 4.39 Å². The molecular formula is C27H24FN5O. The highest BCUT2D eigenvalue weighted by Gasteiger charge is 2.45. The largest absolute Gasteiger partial charge is 0.461 e. The first-order chi connectivity index (χ1) is 16.6. The first kappa shape index (κ1) is 20.8. The molecule has 0 bridgehead atoms. The van der Waals surface area contributed by atoms with Crippen LogP contribution in [0.25, 0.3) is 32.9 Å². The highest BCUT2D eigenvalue weighted by molar-refractivity contribution is 6.01. The third-order valence-corrected chi connectivity index (χ3v) is 7.29. The lowest BCUT2D eigenvalue weighted by Gasteiger charge is -2.31. The Bertz CT molecular complexity index is 1460. The van der Waals surface area contributed by atoms with Gasteiger partial charge >= 0.3 is 6.01 Å². The Morgan fingerprint density at radius 1 is 1.12 bits per heavy atom. The van der Waals surface area contributed by atoms with E-state index in [1.165, 1.54) is 19.0 Å². The molecule has 2 aliphatic heterocycles. The number of fused-ring (bicyclic) bond motifs is 3. The quantitative estimate of drug-likeness (QED) is 0.457. The smallest absolute Gasteiger partial charge is 0.319 e. The minimum absolute atomic E-state index is 0.0314. The molecule has 2 saturated heterocycles. The van der Waals surface area contributed by atoms with Crippen LogP contribution in [-0.2, 0) is 0 Å². The van der Waals surface area contributed by atoms with Crippen molar-refractivity contribution in [3.8, 4) is 29.6 Å². The second kappa shape index (κ2) is 7.93. The Morgan fingerprint density at radius 3 is 2.65 bits per heavy atom. The zero-order valence-corrected chi connectivity index (χ0v) is 18.7. The summed E-state index contributed by atoms with van der Waals surface area (Å²) in [7, 11) is 0. The average molecular weight is 454 g/mol. The number of benzene rings is 2. The van der Waals surface area contributed by atoms with E-state index in [4.69, 9.17) is 16.9 Å². The number of ether oxygens (including phenoxy) is 1. The molecule has 2 fully saturated rings. The van der Waals surface area contributed by atoms with Crippen molar-refractivity contribution < 1.29 is 9.13 Å². The lowest BCUT2D eigenvalue weighted by molar-refractivity contribution is 0.108. The monoisotopic (exact) mass is 453 g/mol. The summed E-state index contributed by atoms with van der Waals surface area (Å²) >= 11 is 0. The zero-order valence-electron chi connectivity index (χ0n) is 18.7. The van der Waals surface area contributed by atoms with Crippen LogP contribution >= 0.6 is 0 Å². The van der Waals surface area contributed by atoms with Gasteiger partial charge in [-0.1, -0.05) is 36.3 Å². The van der Waals surface area contributed by atoms with Crippen molar-refractivity contribution in [3.63, 3.8) is 0 Å². The maximum absolute atomic E-state index is 15.9. The van der Waals surface area contributed by atoms with Crippen LogP contribution in [0.2, 0.25) is 0 Å². The number of rotatable bonds is 4. The van der Waals surface area contributed by atoms with Crippen molar-refractivity contribution in [2.45, 2.75) is 31.2 Å². The van der Waals surface area contributed by atoms with E-state index < -0.39 is 5.82 Å². The van der Waals surface area contributed by atoms with E-state index in [2.05, 4.69) is 25.8 Å². The molecule has 0 atom stereocenters. The number of nitrogen functional groups attached to an aromatic ring is 1. The Morgan fingerprint density at radius 2 is 1.88 bits per heavy atom. The summed E-state index contributed by atoms with van der Waals surface area (Å²) in [6.07, 6.45) is 11.8. The molecule has 0 aliphatic carbocycles. The molecule has 2 aliphatic rings. The third-order valence-electron chi connectivity index (χ3n) is 7.29. The summed E-state index contributed by atoms with van der Waals surface area (Å²) in [5.74, 6) is 2.27. The number of hydrogen-bond acceptors (Lipinski definition) is 6. The van der Waals surface area contributed by atoms with Crippen LogP contribution in [0.15, 0.2) is 42.6 Å². The summed E-state index contributed by atoms with van der Waals surface area (Å²) in [4.78, 5) is 15.6. The summed E-state index contributed by atoms with van der Waals surface area (Å²) in [6.45, 7) is 2.67. The van der Waals surface area contributed by atoms with Crippen molar-refractivity contribution in [3.05, 3.63) is 54.0 Å². The van der Waals surface area contributed by atoms with Crippen molar-refractivity contribution in [2.24, 2.45) is 0 Å². The highest BCUT2D eigenvalue weighted by atomic mass is 19.1. The van der Waals surface area contributed by atoms with Crippen molar-refractivity contribution in [2.75, 3.05) is 25.4 Å². The SMILES string of the molecule is C#Cc1cccc2cccc(-c3ncc4c(N)nc(OCC56CCCN5CCC6)nc4c3F)c12. The molecule has 0 spiro atoms. The van der Waals surface area contributed by atoms with E-state index in [1.807, 2.05) is 36.4 Å². The molecule has 0 saturated carbocycles. The molecule has 2 aromatic carbocycles. The second-order valence-corrected chi connectivity index (χ2v) is 9.14. The van der Waals surface area contributed by atoms with E-state index >= 15 is 4.39 Å². The molecule has 0 unspecified atom stereocenters. The number of pyridine rings is 1. The molecule has 7 heteroatoms. The van der Waals surface area contributed by atoms with Gasteiger partial charge in [-0.05, 0) is 50.2 Å². The number of halogens is 1. The molecule has 0 amide bonds. The molecule has 170 valence electrons. The van der Waals surface area contributed by atoms with Crippen molar-refractivity contribution in [1.82, 2.24) is 19.9 Å². The molecule has 4 aromatic rings. The second-order valence-electron chi connectivity index (χ2n) is 9.14. The molecule has 6 rings (SSSR count). The first-order valence-electron chi connectivity index (χ1n) is 11.6. The fourth-order valence-corrected chi connectivity index (χ4v) is 5.63. The minimum Gasteiger partial charge on any atom is -0.461 e. The van der Waals surface area contributed by atoms with Gasteiger partial charge in [-0.2, -0.15) is 9.97 Å². The number of aromatic nitrogens is 3. The lowest BCUT2D eigenvalue weighted by atomic mass is 9.95. The Labute approximate surface area is 197 Å². The fourth-order valence-electron chi connectivity index (χ4n) is 5.63. The van der Waals surface area contributed by atoms with Gasteiger partial charge in [0.25, 0.3) is 0 Å². The van der Waals surface area contributed by atoms with Gasteiger partial charge in [0.05, 0.1) is 10.9 Å². The van der Waals surface area contributed by atoms with Crippen molar-refractivity contribution in [1.29, 1.82) is 0 Å². The van der Waals surface area contributed by atoms with Crippen LogP contribution < -0.4 is 10.5 Å². The number of hydrogen-bond donors (Lipinski definition) is 1. The third kappa shape index (κ3) is 3.17. The summed E-state index contributed by atoms with van der Waals surface area (Å²) in [5.41, 5.74) is 7.74. The molecule has 4 heterocycles. The summed E-state index contributed by atoms with van der Waals surface area (Å²) < 4.78 is 21.9. The predicted octanol–water partition coefficient (Wildman–Crippen LogP) is 4.55. The van der Waals surface area contributed by atoms with Gasteiger partial charge in [0, 0.05) is 22.7 Å². The van der Waals surface area contributed by atoms with Gasteiger partial charge in [-0.3, -0.25) is 9.88 Å². The Hall–Kier alpha value is -3.76. The molecule has 2 aromatic heterocycles. The fraction of sp³-hybridized carbons (Fsp3) is 0.296. The maximum Gasteiger partial charge on any atom is 0.319 e. The molecule has 34 heavy (non-hydrogen) atoms. The number of nitrogens with two attached hydrogens (primary N) is 1. The van der Waals surface area contributed by atoms with Crippen LogP contribution in [-0.4, -0.2) is 45.1 Å². The normalized spacial score (nSPS) is 17.2. The molecular weight excluding hydrogens is 429 g/mol. The van der Waals surface area contributed by atoms with Gasteiger partial charge in [0.15, 0.2) is 5.82 Å².